The normalized spacial score (nSPS) is 22.1. The van der Waals surface area contributed by atoms with Crippen LogP contribution in [0, 0.1) is 0 Å². The van der Waals surface area contributed by atoms with Gasteiger partial charge in [-0.2, -0.15) is 0 Å². The third-order valence-corrected chi connectivity index (χ3v) is 10.2. The van der Waals surface area contributed by atoms with Gasteiger partial charge in [-0.15, -0.1) is 0 Å². The van der Waals surface area contributed by atoms with Gasteiger partial charge in [0.25, 0.3) is 11.8 Å². The number of allylic oxidation sites excluding steroid dienone is 1. The van der Waals surface area contributed by atoms with Gasteiger partial charge in [-0.25, -0.2) is 17.2 Å². The number of alkyl halides is 2. The lowest BCUT2D eigenvalue weighted by Gasteiger charge is -2.34. The van der Waals surface area contributed by atoms with Crippen molar-refractivity contribution < 1.29 is 36.4 Å². The first-order valence-corrected chi connectivity index (χ1v) is 16.9. The minimum atomic E-state index is -3.86. The molecule has 2 unspecified atom stereocenters. The Bertz CT molecular complexity index is 1130. The highest BCUT2D eigenvalue weighted by Crippen LogP contribution is 2.30. The second kappa shape index (κ2) is 14.7. The second-order valence-corrected chi connectivity index (χ2v) is 13.8. The minimum absolute atomic E-state index is 0.0863. The van der Waals surface area contributed by atoms with Crippen LogP contribution < -0.4 is 10.0 Å². The Kier molecular flexibility index (Phi) is 11.9. The molecule has 1 saturated carbocycles. The molecule has 1 aliphatic carbocycles. The lowest BCUT2D eigenvalue weighted by atomic mass is 9.90. The van der Waals surface area contributed by atoms with Gasteiger partial charge in [0.15, 0.2) is 0 Å². The number of carbonyl (C=O) groups is 4. The molecule has 0 aromatic heterocycles. The number of nitrogens with zero attached hydrogens (tertiary/aromatic N) is 2. The Morgan fingerprint density at radius 3 is 2.33 bits per heavy atom. The number of rotatable bonds is 15. The summed E-state index contributed by atoms with van der Waals surface area (Å²) in [5.41, 5.74) is -1.53. The zero-order chi connectivity index (χ0) is 31.0. The van der Waals surface area contributed by atoms with E-state index in [1.165, 1.54) is 4.90 Å². The van der Waals surface area contributed by atoms with Gasteiger partial charge in [0, 0.05) is 32.4 Å². The molecule has 238 valence electrons. The molecule has 0 bridgehead atoms. The molecule has 3 aliphatic rings. The number of carbonyl (C=O) groups excluding carboxylic acids is 4. The number of hydrogen-bond donors (Lipinski definition) is 2. The van der Waals surface area contributed by atoms with Crippen LogP contribution in [0.2, 0.25) is 0 Å². The molecule has 42 heavy (non-hydrogen) atoms. The third-order valence-electron chi connectivity index (χ3n) is 8.38. The fraction of sp³-hybridized carbons (Fsp3) is 0.793. The average Bonchev–Trinajstić information content (AvgIpc) is 3.69. The van der Waals surface area contributed by atoms with Gasteiger partial charge >= 0.3 is 0 Å². The minimum Gasteiger partial charge on any atom is -0.340 e. The number of unbranched alkanes of at least 4 members (excludes halogenated alkanes) is 3. The summed E-state index contributed by atoms with van der Waals surface area (Å²) in [6.07, 6.45) is 9.13. The first-order chi connectivity index (χ1) is 19.8. The van der Waals surface area contributed by atoms with Crippen LogP contribution >= 0.6 is 0 Å². The van der Waals surface area contributed by atoms with Crippen LogP contribution in [-0.2, 0) is 29.2 Å². The van der Waals surface area contributed by atoms with Gasteiger partial charge < -0.3 is 15.1 Å². The molecule has 2 atom stereocenters. The molecule has 3 rings (SSSR count). The molecular weight excluding hydrogens is 570 g/mol. The zero-order valence-corrected chi connectivity index (χ0v) is 25.7. The van der Waals surface area contributed by atoms with Gasteiger partial charge in [0.1, 0.15) is 11.6 Å². The number of nitrogens with one attached hydrogen (secondary N) is 2. The van der Waals surface area contributed by atoms with Crippen molar-refractivity contribution in [1.82, 2.24) is 19.8 Å². The summed E-state index contributed by atoms with van der Waals surface area (Å²) in [4.78, 5) is 55.0. The highest BCUT2D eigenvalue weighted by atomic mass is 32.2. The molecular formula is C29H46F2N4O6S. The predicted molar refractivity (Wildman–Crippen MR) is 154 cm³/mol. The maximum Gasteiger partial charge on any atom is 0.265 e. The van der Waals surface area contributed by atoms with Crippen molar-refractivity contribution in [2.24, 2.45) is 0 Å². The number of piperidine rings is 1. The Labute approximate surface area is 248 Å². The smallest absolute Gasteiger partial charge is 0.265 e. The fourth-order valence-corrected chi connectivity index (χ4v) is 6.93. The van der Waals surface area contributed by atoms with E-state index in [4.69, 9.17) is 0 Å². The van der Waals surface area contributed by atoms with Gasteiger partial charge in [0.05, 0.1) is 11.8 Å². The maximum atomic E-state index is 13.7. The largest absolute Gasteiger partial charge is 0.340 e. The van der Waals surface area contributed by atoms with E-state index in [-0.39, 0.29) is 51.6 Å². The summed E-state index contributed by atoms with van der Waals surface area (Å²) in [6, 6.07) is -0.890. The number of likely N-dealkylation sites (tertiary alicyclic amines) is 2. The van der Waals surface area contributed by atoms with Crippen molar-refractivity contribution in [3.05, 3.63) is 12.2 Å². The van der Waals surface area contributed by atoms with Gasteiger partial charge in [-0.3, -0.25) is 23.9 Å². The molecule has 0 spiro atoms. The highest BCUT2D eigenvalue weighted by molar-refractivity contribution is 7.90. The first-order valence-electron chi connectivity index (χ1n) is 15.3. The van der Waals surface area contributed by atoms with Crippen molar-refractivity contribution in [3.8, 4) is 0 Å². The SMILES string of the molecule is CCCCCC=CCC(CC)(NC(=O)C1CCCN1C(=O)CCC(=O)N1CCCC(F)(F)C1)C(=O)NS(=O)(=O)C1CC1. The Hall–Kier alpha value is -2.57. The van der Waals surface area contributed by atoms with E-state index in [1.54, 1.807) is 13.0 Å². The summed E-state index contributed by atoms with van der Waals surface area (Å²) in [5, 5.41) is 2.18. The summed E-state index contributed by atoms with van der Waals surface area (Å²) >= 11 is 0. The van der Waals surface area contributed by atoms with E-state index in [2.05, 4.69) is 17.0 Å². The lowest BCUT2D eigenvalue weighted by molar-refractivity contribution is -0.145. The van der Waals surface area contributed by atoms with E-state index < -0.39 is 62.9 Å². The van der Waals surface area contributed by atoms with Crippen molar-refractivity contribution >= 4 is 33.7 Å². The quantitative estimate of drug-likeness (QED) is 0.214. The summed E-state index contributed by atoms with van der Waals surface area (Å²) in [5.74, 6) is -5.27. The van der Waals surface area contributed by atoms with E-state index >= 15 is 0 Å². The van der Waals surface area contributed by atoms with Crippen LogP contribution in [0.4, 0.5) is 8.78 Å². The molecule has 2 aliphatic heterocycles. The average molecular weight is 617 g/mol. The van der Waals surface area contributed by atoms with Crippen molar-refractivity contribution in [2.45, 2.75) is 126 Å². The molecule has 2 heterocycles. The molecule has 4 amide bonds. The molecule has 2 saturated heterocycles. The van der Waals surface area contributed by atoms with Gasteiger partial charge in [-0.1, -0.05) is 38.8 Å². The van der Waals surface area contributed by atoms with E-state index in [1.807, 2.05) is 6.08 Å². The molecule has 2 N–H and O–H groups in total. The van der Waals surface area contributed by atoms with Crippen LogP contribution in [0.5, 0.6) is 0 Å². The fourth-order valence-electron chi connectivity index (χ4n) is 5.55. The number of hydrogen-bond acceptors (Lipinski definition) is 6. The zero-order valence-electron chi connectivity index (χ0n) is 24.8. The standard InChI is InChI=1S/C29H46F2N4O6S/c1-3-5-6-7-8-9-17-28(4-2,27(39)33-42(40,41)22-13-14-22)32-26(38)23-12-10-20-35(23)25(37)16-15-24(36)34-19-11-18-29(30,31)21-34/h8-9,22-23H,3-7,10-21H2,1-2H3,(H,32,38)(H,33,39). The molecule has 13 heteroatoms. The van der Waals surface area contributed by atoms with Crippen molar-refractivity contribution in [2.75, 3.05) is 19.6 Å². The number of sulfonamides is 1. The topological polar surface area (TPSA) is 133 Å². The van der Waals surface area contributed by atoms with Crippen LogP contribution in [0.25, 0.3) is 0 Å². The molecule has 10 nitrogen and oxygen atoms in total. The van der Waals surface area contributed by atoms with Crippen LogP contribution in [0.15, 0.2) is 12.2 Å². The van der Waals surface area contributed by atoms with E-state index in [9.17, 15) is 36.4 Å². The number of amides is 4. The van der Waals surface area contributed by atoms with E-state index in [0.717, 1.165) is 30.6 Å². The maximum absolute atomic E-state index is 13.7. The predicted octanol–water partition coefficient (Wildman–Crippen LogP) is 3.42. The van der Waals surface area contributed by atoms with Crippen LogP contribution in [0.1, 0.15) is 104 Å². The third kappa shape index (κ3) is 9.21. The van der Waals surface area contributed by atoms with Crippen LogP contribution in [0.3, 0.4) is 0 Å². The van der Waals surface area contributed by atoms with Gasteiger partial charge in [-0.05, 0) is 57.8 Å². The summed E-state index contributed by atoms with van der Waals surface area (Å²) in [7, 11) is -3.86. The van der Waals surface area contributed by atoms with E-state index in [0.29, 0.717) is 25.7 Å². The highest BCUT2D eigenvalue weighted by Gasteiger charge is 2.45. The molecule has 0 aromatic rings. The van der Waals surface area contributed by atoms with Crippen molar-refractivity contribution in [1.29, 1.82) is 0 Å². The second-order valence-electron chi connectivity index (χ2n) is 11.8. The van der Waals surface area contributed by atoms with Crippen molar-refractivity contribution in [3.63, 3.8) is 0 Å². The Morgan fingerprint density at radius 2 is 1.69 bits per heavy atom. The molecule has 0 radical (unpaired) electrons. The molecule has 0 aromatic carbocycles. The monoisotopic (exact) mass is 616 g/mol. The lowest BCUT2D eigenvalue weighted by Crippen LogP contribution is -2.62. The van der Waals surface area contributed by atoms with Gasteiger partial charge in [0.2, 0.25) is 27.7 Å². The summed E-state index contributed by atoms with van der Waals surface area (Å²) in [6.45, 7) is 3.64. The first kappa shape index (κ1) is 33.9. The Balaban J connectivity index is 1.67. The van der Waals surface area contributed by atoms with Crippen LogP contribution in [-0.4, -0.2) is 84.2 Å². The molecule has 3 fully saturated rings. The summed E-state index contributed by atoms with van der Waals surface area (Å²) < 4.78 is 54.8. The Morgan fingerprint density at radius 1 is 0.976 bits per heavy atom. The number of halogens is 2.